The number of methoxy groups -OCH3 is 1. The molecule has 1 aliphatic carbocycles. The predicted molar refractivity (Wildman–Crippen MR) is 110 cm³/mol. The molecule has 2 aromatic rings. The van der Waals surface area contributed by atoms with Gasteiger partial charge in [-0.05, 0) is 65.7 Å². The van der Waals surface area contributed by atoms with Crippen molar-refractivity contribution in [3.05, 3.63) is 38.2 Å². The van der Waals surface area contributed by atoms with Crippen LogP contribution in [0.25, 0.3) is 0 Å². The predicted octanol–water partition coefficient (Wildman–Crippen LogP) is 5.31. The molecule has 0 bridgehead atoms. The number of nitrogens with zero attached hydrogens (tertiary/aromatic N) is 1. The van der Waals surface area contributed by atoms with E-state index in [4.69, 9.17) is 9.47 Å². The van der Waals surface area contributed by atoms with Crippen molar-refractivity contribution in [1.82, 2.24) is 0 Å². The topological polar surface area (TPSA) is 71.3 Å². The monoisotopic (exact) mass is 448 g/mol. The largest absolute Gasteiger partial charge is 0.493 e. The van der Waals surface area contributed by atoms with Crippen LogP contribution >= 0.6 is 27.3 Å². The average Bonchev–Trinajstić information content (AvgIpc) is 3.03. The Balaban J connectivity index is 1.88. The lowest BCUT2D eigenvalue weighted by molar-refractivity contribution is 0.102. The van der Waals surface area contributed by atoms with Crippen LogP contribution in [-0.4, -0.2) is 19.6 Å². The first-order chi connectivity index (χ1) is 13.1. The number of nitriles is 1. The molecule has 1 aromatic carbocycles. The average molecular weight is 449 g/mol. The normalized spacial score (nSPS) is 12.8. The van der Waals surface area contributed by atoms with E-state index in [9.17, 15) is 10.1 Å². The molecule has 1 N–H and O–H groups in total. The second kappa shape index (κ2) is 8.77. The number of thiophene rings is 1. The molecule has 0 saturated carbocycles. The van der Waals surface area contributed by atoms with Gasteiger partial charge in [0.05, 0.1) is 23.8 Å². The number of halogens is 1. The fraction of sp³-hybridized carbons (Fsp3) is 0.400. The van der Waals surface area contributed by atoms with E-state index in [2.05, 4.69) is 27.3 Å². The van der Waals surface area contributed by atoms with Gasteiger partial charge in [0, 0.05) is 10.4 Å². The molecule has 0 aliphatic heterocycles. The van der Waals surface area contributed by atoms with Crippen LogP contribution in [0.5, 0.6) is 11.5 Å². The highest BCUT2D eigenvalue weighted by atomic mass is 79.9. The number of hydrogen-bond donors (Lipinski definition) is 1. The molecular weight excluding hydrogens is 428 g/mol. The van der Waals surface area contributed by atoms with Crippen molar-refractivity contribution in [2.45, 2.75) is 39.0 Å². The first-order valence-electron chi connectivity index (χ1n) is 8.95. The minimum atomic E-state index is -0.272. The zero-order chi connectivity index (χ0) is 19.4. The first-order valence-corrected chi connectivity index (χ1v) is 10.6. The molecule has 0 saturated heterocycles. The standard InChI is InChI=1S/C20H21BrN2O3S/c1-3-8-26-18-15(21)9-12(10-16(18)25-2)19(24)23-20-14(11-22)13-6-4-5-7-17(13)27-20/h9-10H,3-8H2,1-2H3,(H,23,24). The number of nitrogens with one attached hydrogen (secondary N) is 1. The Morgan fingerprint density at radius 2 is 2.15 bits per heavy atom. The van der Waals surface area contributed by atoms with Crippen molar-refractivity contribution in [2.24, 2.45) is 0 Å². The van der Waals surface area contributed by atoms with Crippen LogP contribution < -0.4 is 14.8 Å². The van der Waals surface area contributed by atoms with Gasteiger partial charge in [0.2, 0.25) is 0 Å². The van der Waals surface area contributed by atoms with Crippen LogP contribution in [0.2, 0.25) is 0 Å². The molecule has 0 spiro atoms. The summed E-state index contributed by atoms with van der Waals surface area (Å²) in [4.78, 5) is 14.0. The van der Waals surface area contributed by atoms with E-state index < -0.39 is 0 Å². The van der Waals surface area contributed by atoms with Crippen LogP contribution in [0.3, 0.4) is 0 Å². The Morgan fingerprint density at radius 1 is 1.37 bits per heavy atom. The molecule has 0 unspecified atom stereocenters. The number of ether oxygens (including phenoxy) is 2. The molecule has 1 aromatic heterocycles. The van der Waals surface area contributed by atoms with Crippen LogP contribution in [0, 0.1) is 11.3 Å². The van der Waals surface area contributed by atoms with E-state index in [-0.39, 0.29) is 5.91 Å². The number of anilines is 1. The van der Waals surface area contributed by atoms with Crippen molar-refractivity contribution in [1.29, 1.82) is 5.26 Å². The van der Waals surface area contributed by atoms with Gasteiger partial charge in [0.1, 0.15) is 11.1 Å². The summed E-state index contributed by atoms with van der Waals surface area (Å²) in [6, 6.07) is 5.64. The van der Waals surface area contributed by atoms with Crippen LogP contribution in [0.15, 0.2) is 16.6 Å². The lowest BCUT2D eigenvalue weighted by Crippen LogP contribution is -2.12. The molecule has 7 heteroatoms. The number of carbonyl (C=O) groups is 1. The lowest BCUT2D eigenvalue weighted by Gasteiger charge is -2.14. The van der Waals surface area contributed by atoms with Crippen molar-refractivity contribution < 1.29 is 14.3 Å². The Kier molecular flexibility index (Phi) is 6.40. The van der Waals surface area contributed by atoms with E-state index >= 15 is 0 Å². The van der Waals surface area contributed by atoms with Crippen LogP contribution in [0.1, 0.15) is 52.5 Å². The SMILES string of the molecule is CCCOc1c(Br)cc(C(=O)Nc2sc3c(c2C#N)CCCC3)cc1OC. The highest BCUT2D eigenvalue weighted by Gasteiger charge is 2.23. The lowest BCUT2D eigenvalue weighted by atomic mass is 9.96. The first kappa shape index (κ1) is 19.7. The van der Waals surface area contributed by atoms with Crippen molar-refractivity contribution in [3.63, 3.8) is 0 Å². The van der Waals surface area contributed by atoms with Crippen molar-refractivity contribution in [3.8, 4) is 17.6 Å². The molecule has 0 atom stereocenters. The van der Waals surface area contributed by atoms with Crippen LogP contribution in [-0.2, 0) is 12.8 Å². The van der Waals surface area contributed by atoms with Gasteiger partial charge < -0.3 is 14.8 Å². The van der Waals surface area contributed by atoms with E-state index in [1.165, 1.54) is 16.2 Å². The maximum Gasteiger partial charge on any atom is 0.256 e. The second-order valence-electron chi connectivity index (χ2n) is 6.32. The van der Waals surface area contributed by atoms with Crippen LogP contribution in [0.4, 0.5) is 5.00 Å². The van der Waals surface area contributed by atoms with Gasteiger partial charge in [0.15, 0.2) is 11.5 Å². The van der Waals surface area contributed by atoms with Gasteiger partial charge in [-0.15, -0.1) is 11.3 Å². The molecule has 1 heterocycles. The number of hydrogen-bond acceptors (Lipinski definition) is 5. The van der Waals surface area contributed by atoms with Gasteiger partial charge in [-0.25, -0.2) is 0 Å². The number of benzene rings is 1. The minimum Gasteiger partial charge on any atom is -0.493 e. The Bertz CT molecular complexity index is 902. The Hall–Kier alpha value is -2.04. The summed E-state index contributed by atoms with van der Waals surface area (Å²) in [7, 11) is 1.55. The quantitative estimate of drug-likeness (QED) is 0.649. The number of aryl methyl sites for hydroxylation is 1. The van der Waals surface area contributed by atoms with Crippen molar-refractivity contribution >= 4 is 38.2 Å². The van der Waals surface area contributed by atoms with E-state index in [0.29, 0.717) is 38.7 Å². The van der Waals surface area contributed by atoms with Gasteiger partial charge >= 0.3 is 0 Å². The Labute approximate surface area is 171 Å². The van der Waals surface area contributed by atoms with Gasteiger partial charge in [-0.2, -0.15) is 5.26 Å². The fourth-order valence-electron chi connectivity index (χ4n) is 3.14. The minimum absolute atomic E-state index is 0.272. The maximum absolute atomic E-state index is 12.8. The summed E-state index contributed by atoms with van der Waals surface area (Å²) in [6.45, 7) is 2.59. The van der Waals surface area contributed by atoms with Gasteiger partial charge in [-0.3, -0.25) is 4.79 Å². The highest BCUT2D eigenvalue weighted by molar-refractivity contribution is 9.10. The molecule has 0 radical (unpaired) electrons. The third-order valence-corrected chi connectivity index (χ3v) is 6.25. The zero-order valence-corrected chi connectivity index (χ0v) is 17.8. The summed E-state index contributed by atoms with van der Waals surface area (Å²) < 4.78 is 11.8. The fourth-order valence-corrected chi connectivity index (χ4v) is 4.93. The van der Waals surface area contributed by atoms with E-state index in [1.54, 1.807) is 19.2 Å². The maximum atomic E-state index is 12.8. The summed E-state index contributed by atoms with van der Waals surface area (Å²) in [5, 5.41) is 13.1. The molecule has 142 valence electrons. The molecule has 0 fully saturated rings. The summed E-state index contributed by atoms with van der Waals surface area (Å²) >= 11 is 4.98. The van der Waals surface area contributed by atoms with E-state index in [0.717, 1.165) is 37.7 Å². The summed E-state index contributed by atoms with van der Waals surface area (Å²) in [6.07, 6.45) is 4.99. The second-order valence-corrected chi connectivity index (χ2v) is 8.28. The number of carbonyl (C=O) groups excluding carboxylic acids is 1. The summed E-state index contributed by atoms with van der Waals surface area (Å²) in [5.41, 5.74) is 2.15. The van der Waals surface area contributed by atoms with Gasteiger partial charge in [0.25, 0.3) is 5.91 Å². The zero-order valence-electron chi connectivity index (χ0n) is 15.4. The number of rotatable bonds is 6. The molecule has 27 heavy (non-hydrogen) atoms. The molecule has 1 aliphatic rings. The smallest absolute Gasteiger partial charge is 0.256 e. The van der Waals surface area contributed by atoms with Crippen molar-refractivity contribution in [2.75, 3.05) is 19.0 Å². The molecular formula is C20H21BrN2O3S. The Morgan fingerprint density at radius 3 is 2.85 bits per heavy atom. The van der Waals surface area contributed by atoms with Gasteiger partial charge in [-0.1, -0.05) is 6.92 Å². The highest BCUT2D eigenvalue weighted by Crippen LogP contribution is 2.39. The third-order valence-electron chi connectivity index (χ3n) is 4.45. The number of fused-ring (bicyclic) bond motifs is 1. The molecule has 3 rings (SSSR count). The van der Waals surface area contributed by atoms with E-state index in [1.807, 2.05) is 6.92 Å². The molecule has 5 nitrogen and oxygen atoms in total. The third kappa shape index (κ3) is 4.12. The number of amides is 1. The summed E-state index contributed by atoms with van der Waals surface area (Å²) in [5.74, 6) is 0.806. The molecule has 1 amide bonds.